The first kappa shape index (κ1) is 15.9. The number of thiazole rings is 1. The minimum Gasteiger partial charge on any atom is -0.337 e. The van der Waals surface area contributed by atoms with Crippen molar-refractivity contribution in [1.82, 2.24) is 29.4 Å². The van der Waals surface area contributed by atoms with Gasteiger partial charge in [0.1, 0.15) is 11.5 Å². The zero-order chi connectivity index (χ0) is 17.1. The van der Waals surface area contributed by atoms with Crippen LogP contribution < -0.4 is 0 Å². The van der Waals surface area contributed by atoms with Crippen LogP contribution in [0.15, 0.2) is 41.9 Å². The lowest BCUT2D eigenvalue weighted by Gasteiger charge is -2.31. The molecule has 4 heterocycles. The van der Waals surface area contributed by atoms with Crippen molar-refractivity contribution in [2.45, 2.75) is 25.3 Å². The summed E-state index contributed by atoms with van der Waals surface area (Å²) in [7, 11) is 0. The summed E-state index contributed by atoms with van der Waals surface area (Å²) in [5.74, 6) is 1.40. The van der Waals surface area contributed by atoms with Crippen molar-refractivity contribution >= 4 is 17.2 Å². The van der Waals surface area contributed by atoms with E-state index in [0.29, 0.717) is 24.7 Å². The van der Waals surface area contributed by atoms with E-state index < -0.39 is 0 Å². The van der Waals surface area contributed by atoms with E-state index in [1.54, 1.807) is 23.7 Å². The van der Waals surface area contributed by atoms with Gasteiger partial charge in [-0.3, -0.25) is 9.78 Å². The molecule has 8 heteroatoms. The van der Waals surface area contributed by atoms with E-state index in [0.717, 1.165) is 30.9 Å². The monoisotopic (exact) mass is 354 g/mol. The standard InChI is InChI=1S/C17H18N6OS/c24-17(15-9-18-3-4-19-15)22-6-1-13(2-7-22)16-20-5-8-23(16)10-14-11-25-12-21-14/h3-5,8-9,11-13H,1-2,6-7,10H2. The molecule has 7 nitrogen and oxygen atoms in total. The summed E-state index contributed by atoms with van der Waals surface area (Å²) in [6, 6.07) is 0. The summed E-state index contributed by atoms with van der Waals surface area (Å²) in [6.45, 7) is 2.17. The molecule has 0 unspecified atom stereocenters. The third-order valence-electron chi connectivity index (χ3n) is 4.49. The van der Waals surface area contributed by atoms with Crippen LogP contribution in [0.1, 0.15) is 40.8 Å². The average Bonchev–Trinajstić information content (AvgIpc) is 3.34. The Hall–Kier alpha value is -2.61. The van der Waals surface area contributed by atoms with Gasteiger partial charge in [0.15, 0.2) is 0 Å². The maximum Gasteiger partial charge on any atom is 0.274 e. The number of aromatic nitrogens is 5. The second-order valence-corrected chi connectivity index (χ2v) is 6.77. The second-order valence-electron chi connectivity index (χ2n) is 6.05. The zero-order valence-electron chi connectivity index (χ0n) is 13.7. The van der Waals surface area contributed by atoms with E-state index in [-0.39, 0.29) is 5.91 Å². The van der Waals surface area contributed by atoms with Gasteiger partial charge < -0.3 is 9.47 Å². The van der Waals surface area contributed by atoms with Crippen molar-refractivity contribution in [3.8, 4) is 0 Å². The first-order valence-corrected chi connectivity index (χ1v) is 9.19. The predicted molar refractivity (Wildman–Crippen MR) is 93.4 cm³/mol. The number of imidazole rings is 1. The molecule has 0 saturated carbocycles. The van der Waals surface area contributed by atoms with Gasteiger partial charge in [0, 0.05) is 49.2 Å². The fraction of sp³-hybridized carbons (Fsp3) is 0.353. The molecule has 1 fully saturated rings. The Labute approximate surface area is 149 Å². The minimum atomic E-state index is -0.0441. The first-order chi connectivity index (χ1) is 12.3. The number of hydrogen-bond acceptors (Lipinski definition) is 6. The predicted octanol–water partition coefficient (Wildman–Crippen LogP) is 2.20. The molecule has 0 aliphatic carbocycles. The van der Waals surface area contributed by atoms with Gasteiger partial charge >= 0.3 is 0 Å². The molecule has 4 rings (SSSR count). The van der Waals surface area contributed by atoms with Gasteiger partial charge in [-0.1, -0.05) is 0 Å². The van der Waals surface area contributed by atoms with Crippen LogP contribution in [0, 0.1) is 0 Å². The van der Waals surface area contributed by atoms with E-state index in [1.807, 2.05) is 22.8 Å². The number of likely N-dealkylation sites (tertiary alicyclic amines) is 1. The van der Waals surface area contributed by atoms with Gasteiger partial charge in [0.2, 0.25) is 0 Å². The highest BCUT2D eigenvalue weighted by Crippen LogP contribution is 2.27. The van der Waals surface area contributed by atoms with Gasteiger partial charge in [-0.05, 0) is 12.8 Å². The summed E-state index contributed by atoms with van der Waals surface area (Å²) in [5, 5.41) is 2.06. The van der Waals surface area contributed by atoms with E-state index in [2.05, 4.69) is 29.9 Å². The third kappa shape index (κ3) is 3.43. The Morgan fingerprint density at radius 3 is 2.76 bits per heavy atom. The first-order valence-electron chi connectivity index (χ1n) is 8.24. The smallest absolute Gasteiger partial charge is 0.274 e. The molecular weight excluding hydrogens is 336 g/mol. The van der Waals surface area contributed by atoms with Crippen LogP contribution in [0.3, 0.4) is 0 Å². The summed E-state index contributed by atoms with van der Waals surface area (Å²) >= 11 is 1.60. The highest BCUT2D eigenvalue weighted by molar-refractivity contribution is 7.07. The fourth-order valence-corrected chi connectivity index (χ4v) is 3.77. The molecule has 1 saturated heterocycles. The van der Waals surface area contributed by atoms with Crippen molar-refractivity contribution in [2.75, 3.05) is 13.1 Å². The molecule has 0 aromatic carbocycles. The molecule has 128 valence electrons. The number of carbonyl (C=O) groups excluding carboxylic acids is 1. The molecule has 0 spiro atoms. The highest BCUT2D eigenvalue weighted by atomic mass is 32.1. The Kier molecular flexibility index (Phi) is 4.51. The largest absolute Gasteiger partial charge is 0.337 e. The SMILES string of the molecule is O=C(c1cnccn1)N1CCC(c2nccn2Cc2cscn2)CC1. The Morgan fingerprint density at radius 2 is 2.04 bits per heavy atom. The molecule has 1 aliphatic heterocycles. The summed E-state index contributed by atoms with van der Waals surface area (Å²) in [5.41, 5.74) is 3.31. The molecule has 1 aliphatic rings. The quantitative estimate of drug-likeness (QED) is 0.718. The summed E-state index contributed by atoms with van der Waals surface area (Å²) < 4.78 is 2.17. The molecular formula is C17H18N6OS. The van der Waals surface area contributed by atoms with Gasteiger partial charge in [-0.25, -0.2) is 15.0 Å². The van der Waals surface area contributed by atoms with Crippen molar-refractivity contribution in [2.24, 2.45) is 0 Å². The van der Waals surface area contributed by atoms with Crippen LogP contribution >= 0.6 is 11.3 Å². The van der Waals surface area contributed by atoms with Gasteiger partial charge in [-0.15, -0.1) is 11.3 Å². The number of piperidine rings is 1. The van der Waals surface area contributed by atoms with Crippen molar-refractivity contribution in [3.05, 3.63) is 59.1 Å². The number of nitrogens with zero attached hydrogens (tertiary/aromatic N) is 6. The molecule has 0 N–H and O–H groups in total. The van der Waals surface area contributed by atoms with Gasteiger partial charge in [0.05, 0.1) is 23.9 Å². The summed E-state index contributed by atoms with van der Waals surface area (Å²) in [4.78, 5) is 31.3. The second kappa shape index (κ2) is 7.10. The lowest BCUT2D eigenvalue weighted by Crippen LogP contribution is -2.38. The average molecular weight is 354 g/mol. The van der Waals surface area contributed by atoms with Crippen LogP contribution in [-0.4, -0.2) is 48.4 Å². The number of amides is 1. The lowest BCUT2D eigenvalue weighted by atomic mass is 9.95. The third-order valence-corrected chi connectivity index (χ3v) is 5.13. The lowest BCUT2D eigenvalue weighted by molar-refractivity contribution is 0.0704. The topological polar surface area (TPSA) is 76.8 Å². The van der Waals surface area contributed by atoms with E-state index in [4.69, 9.17) is 0 Å². The minimum absolute atomic E-state index is 0.0441. The van der Waals surface area contributed by atoms with Crippen LogP contribution in [0.25, 0.3) is 0 Å². The maximum atomic E-state index is 12.5. The van der Waals surface area contributed by atoms with E-state index >= 15 is 0 Å². The summed E-state index contributed by atoms with van der Waals surface area (Å²) in [6.07, 6.45) is 10.3. The molecule has 1 amide bonds. The van der Waals surface area contributed by atoms with Crippen molar-refractivity contribution < 1.29 is 4.79 Å². The zero-order valence-corrected chi connectivity index (χ0v) is 14.5. The van der Waals surface area contributed by atoms with E-state index in [1.165, 1.54) is 6.20 Å². The molecule has 25 heavy (non-hydrogen) atoms. The fourth-order valence-electron chi connectivity index (χ4n) is 3.22. The normalized spacial score (nSPS) is 15.4. The molecule has 0 radical (unpaired) electrons. The molecule has 3 aromatic heterocycles. The number of hydrogen-bond donors (Lipinski definition) is 0. The Morgan fingerprint density at radius 1 is 1.16 bits per heavy atom. The number of rotatable bonds is 4. The van der Waals surface area contributed by atoms with Crippen LogP contribution in [-0.2, 0) is 6.54 Å². The van der Waals surface area contributed by atoms with Crippen LogP contribution in [0.4, 0.5) is 0 Å². The maximum absolute atomic E-state index is 12.5. The highest BCUT2D eigenvalue weighted by Gasteiger charge is 2.27. The van der Waals surface area contributed by atoms with Gasteiger partial charge in [-0.2, -0.15) is 0 Å². The molecule has 0 bridgehead atoms. The van der Waals surface area contributed by atoms with Crippen LogP contribution in [0.5, 0.6) is 0 Å². The Balaban J connectivity index is 1.41. The van der Waals surface area contributed by atoms with Crippen molar-refractivity contribution in [3.63, 3.8) is 0 Å². The Bertz CT molecular complexity index is 824. The van der Waals surface area contributed by atoms with Crippen LogP contribution in [0.2, 0.25) is 0 Å². The van der Waals surface area contributed by atoms with Gasteiger partial charge in [0.25, 0.3) is 5.91 Å². The molecule has 3 aromatic rings. The van der Waals surface area contributed by atoms with E-state index in [9.17, 15) is 4.79 Å². The van der Waals surface area contributed by atoms with Crippen molar-refractivity contribution in [1.29, 1.82) is 0 Å². The molecule has 0 atom stereocenters. The number of carbonyl (C=O) groups is 1.